The van der Waals surface area contributed by atoms with Gasteiger partial charge in [0.25, 0.3) is 0 Å². The molecule has 2 aliphatic rings. The van der Waals surface area contributed by atoms with Gasteiger partial charge in [0.05, 0.1) is 5.92 Å². The molecule has 1 aromatic carbocycles. The van der Waals surface area contributed by atoms with Crippen molar-refractivity contribution in [3.8, 4) is 0 Å². The molecule has 2 fully saturated rings. The number of carbonyl (C=O) groups excluding carboxylic acids is 2. The van der Waals surface area contributed by atoms with Crippen LogP contribution in [0.4, 0.5) is 4.39 Å². The molecule has 0 aliphatic carbocycles. The van der Waals surface area contributed by atoms with Crippen LogP contribution in [-0.4, -0.2) is 42.8 Å². The molecule has 2 saturated heterocycles. The van der Waals surface area contributed by atoms with E-state index in [9.17, 15) is 14.0 Å². The van der Waals surface area contributed by atoms with Crippen molar-refractivity contribution in [2.75, 3.05) is 26.2 Å². The maximum atomic E-state index is 12.9. The third kappa shape index (κ3) is 3.47. The quantitative estimate of drug-likeness (QED) is 0.863. The summed E-state index contributed by atoms with van der Waals surface area (Å²) in [4.78, 5) is 26.5. The molecule has 1 N–H and O–H groups in total. The van der Waals surface area contributed by atoms with Crippen LogP contribution in [0.1, 0.15) is 23.2 Å². The van der Waals surface area contributed by atoms with Crippen molar-refractivity contribution >= 4 is 24.1 Å². The zero-order chi connectivity index (χ0) is 14.8. The summed E-state index contributed by atoms with van der Waals surface area (Å²) in [6.07, 6.45) is 1.65. The van der Waals surface area contributed by atoms with E-state index in [2.05, 4.69) is 5.32 Å². The number of benzene rings is 1. The number of rotatable bonds is 3. The van der Waals surface area contributed by atoms with Gasteiger partial charge in [-0.3, -0.25) is 9.59 Å². The standard InChI is InChI=1S/C16H19FN2O2.ClH/c17-14-5-3-11(4-6-14)15(20)12-2-1-7-19(10-12)16(21)13-8-18-9-13;/h3-6,12-13,18H,1-2,7-10H2;1H. The Hall–Kier alpha value is -1.46. The van der Waals surface area contributed by atoms with Crippen molar-refractivity contribution in [2.45, 2.75) is 12.8 Å². The number of halogens is 2. The lowest BCUT2D eigenvalue weighted by molar-refractivity contribution is -0.138. The maximum absolute atomic E-state index is 12.9. The number of nitrogens with zero attached hydrogens (tertiary/aromatic N) is 1. The zero-order valence-corrected chi connectivity index (χ0v) is 13.1. The van der Waals surface area contributed by atoms with Crippen molar-refractivity contribution in [2.24, 2.45) is 11.8 Å². The third-order valence-electron chi connectivity index (χ3n) is 4.36. The Bertz CT molecular complexity index is 546. The van der Waals surface area contributed by atoms with Crippen LogP contribution in [0.5, 0.6) is 0 Å². The molecule has 1 atom stereocenters. The Morgan fingerprint density at radius 2 is 1.82 bits per heavy atom. The van der Waals surface area contributed by atoms with Crippen LogP contribution >= 0.6 is 12.4 Å². The largest absolute Gasteiger partial charge is 0.342 e. The summed E-state index contributed by atoms with van der Waals surface area (Å²) >= 11 is 0. The summed E-state index contributed by atoms with van der Waals surface area (Å²) in [5, 5.41) is 3.10. The Labute approximate surface area is 135 Å². The third-order valence-corrected chi connectivity index (χ3v) is 4.36. The van der Waals surface area contributed by atoms with E-state index in [-0.39, 0.29) is 41.8 Å². The second-order valence-electron chi connectivity index (χ2n) is 5.85. The first kappa shape index (κ1) is 16.9. The number of ketones is 1. The molecule has 1 aromatic rings. The maximum Gasteiger partial charge on any atom is 0.228 e. The molecule has 120 valence electrons. The van der Waals surface area contributed by atoms with Crippen molar-refractivity contribution in [3.05, 3.63) is 35.6 Å². The van der Waals surface area contributed by atoms with Gasteiger partial charge in [-0.25, -0.2) is 4.39 Å². The molecule has 1 unspecified atom stereocenters. The van der Waals surface area contributed by atoms with Gasteiger partial charge in [0.15, 0.2) is 5.78 Å². The minimum absolute atomic E-state index is 0. The fraction of sp³-hybridized carbons (Fsp3) is 0.500. The van der Waals surface area contributed by atoms with Crippen LogP contribution < -0.4 is 5.32 Å². The molecule has 0 bridgehead atoms. The summed E-state index contributed by atoms with van der Waals surface area (Å²) in [5.74, 6) is -0.264. The first-order valence-corrected chi connectivity index (χ1v) is 7.44. The minimum atomic E-state index is -0.343. The Kier molecular flexibility index (Phi) is 5.53. The van der Waals surface area contributed by atoms with Crippen molar-refractivity contribution in [1.29, 1.82) is 0 Å². The fourth-order valence-corrected chi connectivity index (χ4v) is 2.96. The van der Waals surface area contributed by atoms with Crippen LogP contribution in [-0.2, 0) is 4.79 Å². The summed E-state index contributed by atoms with van der Waals surface area (Å²) in [7, 11) is 0. The monoisotopic (exact) mass is 326 g/mol. The van der Waals surface area contributed by atoms with Gasteiger partial charge in [0.1, 0.15) is 5.82 Å². The van der Waals surface area contributed by atoms with E-state index in [1.165, 1.54) is 24.3 Å². The van der Waals surface area contributed by atoms with Gasteiger partial charge in [-0.05, 0) is 37.1 Å². The van der Waals surface area contributed by atoms with Crippen LogP contribution in [0.3, 0.4) is 0 Å². The average Bonchev–Trinajstić information content (AvgIpc) is 2.45. The zero-order valence-electron chi connectivity index (χ0n) is 12.3. The number of piperidine rings is 1. The molecular formula is C16H20ClFN2O2. The molecule has 0 aromatic heterocycles. The van der Waals surface area contributed by atoms with Crippen molar-refractivity contribution in [3.63, 3.8) is 0 Å². The van der Waals surface area contributed by atoms with E-state index >= 15 is 0 Å². The highest BCUT2D eigenvalue weighted by Gasteiger charge is 2.34. The summed E-state index contributed by atoms with van der Waals surface area (Å²) in [5.41, 5.74) is 0.529. The Balaban J connectivity index is 0.00000176. The van der Waals surface area contributed by atoms with E-state index in [0.717, 1.165) is 32.5 Å². The lowest BCUT2D eigenvalue weighted by Gasteiger charge is -2.37. The summed E-state index contributed by atoms with van der Waals surface area (Å²) in [6, 6.07) is 5.65. The number of nitrogens with one attached hydrogen (secondary N) is 1. The molecule has 2 heterocycles. The average molecular weight is 327 g/mol. The molecule has 6 heteroatoms. The van der Waals surface area contributed by atoms with E-state index < -0.39 is 0 Å². The van der Waals surface area contributed by atoms with E-state index in [1.807, 2.05) is 4.90 Å². The van der Waals surface area contributed by atoms with Crippen molar-refractivity contribution in [1.82, 2.24) is 10.2 Å². The number of hydrogen-bond acceptors (Lipinski definition) is 3. The minimum Gasteiger partial charge on any atom is -0.342 e. The number of hydrogen-bond donors (Lipinski definition) is 1. The molecule has 4 nitrogen and oxygen atoms in total. The van der Waals surface area contributed by atoms with Gasteiger partial charge in [-0.1, -0.05) is 0 Å². The van der Waals surface area contributed by atoms with Gasteiger partial charge >= 0.3 is 0 Å². The van der Waals surface area contributed by atoms with Crippen LogP contribution in [0.25, 0.3) is 0 Å². The fourth-order valence-electron chi connectivity index (χ4n) is 2.96. The first-order valence-electron chi connectivity index (χ1n) is 7.44. The van der Waals surface area contributed by atoms with Gasteiger partial charge in [-0.2, -0.15) is 0 Å². The smallest absolute Gasteiger partial charge is 0.228 e. The predicted octanol–water partition coefficient (Wildman–Crippen LogP) is 1.89. The molecule has 1 amide bonds. The highest BCUT2D eigenvalue weighted by atomic mass is 35.5. The Morgan fingerprint density at radius 3 is 2.41 bits per heavy atom. The molecule has 0 saturated carbocycles. The topological polar surface area (TPSA) is 49.4 Å². The summed E-state index contributed by atoms with van der Waals surface area (Å²) < 4.78 is 12.9. The van der Waals surface area contributed by atoms with Gasteiger partial charge in [-0.15, -0.1) is 12.4 Å². The molecule has 2 aliphatic heterocycles. The lowest BCUT2D eigenvalue weighted by atomic mass is 9.89. The second-order valence-corrected chi connectivity index (χ2v) is 5.85. The van der Waals surface area contributed by atoms with Crippen LogP contribution in [0, 0.1) is 17.7 Å². The number of carbonyl (C=O) groups is 2. The molecule has 22 heavy (non-hydrogen) atoms. The van der Waals surface area contributed by atoms with Crippen molar-refractivity contribution < 1.29 is 14.0 Å². The number of Topliss-reactive ketones (excluding diaryl/α,β-unsaturated/α-hetero) is 1. The highest BCUT2D eigenvalue weighted by Crippen LogP contribution is 2.23. The predicted molar refractivity (Wildman–Crippen MR) is 83.6 cm³/mol. The molecule has 0 spiro atoms. The number of amides is 1. The van der Waals surface area contributed by atoms with Crippen LogP contribution in [0.15, 0.2) is 24.3 Å². The number of likely N-dealkylation sites (tertiary alicyclic amines) is 1. The normalized spacial score (nSPS) is 21.7. The van der Waals surface area contributed by atoms with Crippen LogP contribution in [0.2, 0.25) is 0 Å². The van der Waals surface area contributed by atoms with Gasteiger partial charge in [0, 0.05) is 37.7 Å². The molecule has 3 rings (SSSR count). The lowest BCUT2D eigenvalue weighted by Crippen LogP contribution is -2.54. The highest BCUT2D eigenvalue weighted by molar-refractivity contribution is 5.98. The Morgan fingerprint density at radius 1 is 1.14 bits per heavy atom. The summed E-state index contributed by atoms with van der Waals surface area (Å²) in [6.45, 7) is 2.71. The SMILES string of the molecule is Cl.O=C(c1ccc(F)cc1)C1CCCN(C(=O)C2CNC2)C1. The van der Waals surface area contributed by atoms with Gasteiger partial charge in [0.2, 0.25) is 5.91 Å². The van der Waals surface area contributed by atoms with E-state index in [1.54, 1.807) is 0 Å². The van der Waals surface area contributed by atoms with E-state index in [0.29, 0.717) is 12.1 Å². The second kappa shape index (κ2) is 7.20. The first-order chi connectivity index (χ1) is 10.1. The van der Waals surface area contributed by atoms with Gasteiger partial charge < -0.3 is 10.2 Å². The molecule has 0 radical (unpaired) electrons. The molecular weight excluding hydrogens is 307 g/mol. The van der Waals surface area contributed by atoms with E-state index in [4.69, 9.17) is 0 Å².